The molecule has 3 atom stereocenters. The number of hydrogen-bond donors (Lipinski definition) is 3. The maximum Gasteiger partial charge on any atom is 0.123 e. The molecule has 3 N–H and O–H groups in total. The van der Waals surface area contributed by atoms with E-state index in [1.165, 1.54) is 60.7 Å². The van der Waals surface area contributed by atoms with Crippen molar-refractivity contribution in [3.05, 3.63) is 66.5 Å². The zero-order valence-electron chi connectivity index (χ0n) is 15.5. The van der Waals surface area contributed by atoms with Gasteiger partial charge >= 0.3 is 0 Å². The Labute approximate surface area is 168 Å². The quantitative estimate of drug-likeness (QED) is 0.342. The van der Waals surface area contributed by atoms with E-state index in [2.05, 4.69) is 16.6 Å². The summed E-state index contributed by atoms with van der Waals surface area (Å²) < 4.78 is 22.7. The van der Waals surface area contributed by atoms with Crippen LogP contribution in [0.5, 0.6) is 5.75 Å². The van der Waals surface area contributed by atoms with Gasteiger partial charge in [0, 0.05) is 0 Å². The van der Waals surface area contributed by atoms with Gasteiger partial charge in [0.2, 0.25) is 0 Å². The molecule has 8 heteroatoms. The van der Waals surface area contributed by atoms with Crippen molar-refractivity contribution in [1.82, 2.24) is 0 Å². The lowest BCUT2D eigenvalue weighted by Gasteiger charge is -2.14. The van der Waals surface area contributed by atoms with Gasteiger partial charge in [0.25, 0.3) is 0 Å². The lowest BCUT2D eigenvalue weighted by atomic mass is 10.2. The summed E-state index contributed by atoms with van der Waals surface area (Å²) in [5, 5.41) is 39.0. The van der Waals surface area contributed by atoms with E-state index in [0.29, 0.717) is 5.75 Å². The number of rotatable bonds is 11. The second-order valence-corrected chi connectivity index (χ2v) is 5.67. The Morgan fingerprint density at radius 3 is 2.45 bits per heavy atom. The van der Waals surface area contributed by atoms with Crippen LogP contribution in [0.25, 0.3) is 0 Å². The highest BCUT2D eigenvalue weighted by molar-refractivity contribution is 5.65. The average Bonchev–Trinajstić information content (AvgIpc) is 2.69. The maximum absolute atomic E-state index is 12.8. The second-order valence-electron chi connectivity index (χ2n) is 5.67. The topological polar surface area (TPSA) is 119 Å². The van der Waals surface area contributed by atoms with Gasteiger partial charge < -0.3 is 34.7 Å². The molecule has 156 valence electrons. The average molecular weight is 405 g/mol. The van der Waals surface area contributed by atoms with Crippen molar-refractivity contribution in [3.8, 4) is 17.6 Å². The highest BCUT2D eigenvalue weighted by atomic mass is 19.1. The number of allylic oxidation sites excluding steroid dienone is 4. The van der Waals surface area contributed by atoms with Crippen LogP contribution in [-0.4, -0.2) is 59.4 Å². The molecule has 0 saturated carbocycles. The second kappa shape index (κ2) is 14.1. The molecule has 29 heavy (non-hydrogen) atoms. The van der Waals surface area contributed by atoms with E-state index in [4.69, 9.17) is 4.74 Å². The summed E-state index contributed by atoms with van der Waals surface area (Å²) in [6, 6.07) is 5.43. The van der Waals surface area contributed by atoms with Crippen molar-refractivity contribution in [3.63, 3.8) is 0 Å². The smallest absolute Gasteiger partial charge is 0.123 e. The van der Waals surface area contributed by atoms with E-state index >= 15 is 0 Å². The summed E-state index contributed by atoms with van der Waals surface area (Å²) in [6.07, 6.45) is 5.24. The molecule has 0 aliphatic carbocycles. The number of aliphatic carboxylic acids is 1. The first-order valence-electron chi connectivity index (χ1n) is 8.59. The number of hydrogen-bond acceptors (Lipinski definition) is 7. The Kier molecular flexibility index (Phi) is 11.7. The molecule has 1 aromatic carbocycles. The van der Waals surface area contributed by atoms with Crippen LogP contribution < -0.4 is 9.84 Å². The largest absolute Gasteiger partial charge is 0.548 e. The molecule has 0 aliphatic rings. The number of carbonyl (C=O) groups excluding carboxylic acids is 1. The molecular formula is C21H22FO7-. The first-order chi connectivity index (χ1) is 13.9. The van der Waals surface area contributed by atoms with Gasteiger partial charge in [0.15, 0.2) is 0 Å². The number of carboxylic acids is 1. The normalized spacial score (nSPS) is 14.6. The van der Waals surface area contributed by atoms with Crippen LogP contribution in [0.4, 0.5) is 4.39 Å². The van der Waals surface area contributed by atoms with Crippen molar-refractivity contribution in [2.24, 2.45) is 0 Å². The molecule has 1 aromatic rings. The molecule has 0 bridgehead atoms. The third-order valence-electron chi connectivity index (χ3n) is 3.22. The third-order valence-corrected chi connectivity index (χ3v) is 3.22. The minimum absolute atomic E-state index is 0.00467. The number of aliphatic hydroxyl groups excluding tert-OH is 3. The lowest BCUT2D eigenvalue weighted by molar-refractivity contribution is -0.310. The van der Waals surface area contributed by atoms with Crippen molar-refractivity contribution in [1.29, 1.82) is 0 Å². The van der Waals surface area contributed by atoms with E-state index in [9.17, 15) is 29.6 Å². The standard InChI is InChI=1S/C21H23FO7/c22-16-9-11-18(12-10-16)29-13-17(23)7-5-3-1-2-4-6-8-19(24)20(25)14-28-15-21(26)27/h2,4-12,17,19-20,23-25H,13-15H2,(H,26,27)/p-1/b4-2+,7-5+,8-6+/t17-,19+,20-/m0/s1. The van der Waals surface area contributed by atoms with Gasteiger partial charge in [-0.1, -0.05) is 30.1 Å². The van der Waals surface area contributed by atoms with Crippen LogP contribution in [0.3, 0.4) is 0 Å². The molecule has 0 radical (unpaired) electrons. The number of aliphatic hydroxyl groups is 3. The highest BCUT2D eigenvalue weighted by Gasteiger charge is 2.12. The molecule has 0 aliphatic heterocycles. The Morgan fingerprint density at radius 1 is 1.07 bits per heavy atom. The summed E-state index contributed by atoms with van der Waals surface area (Å²) in [7, 11) is 0. The maximum atomic E-state index is 12.8. The molecule has 0 unspecified atom stereocenters. The molecule has 0 saturated heterocycles. The fraction of sp³-hybridized carbons (Fsp3) is 0.286. The number of carboxylic acid groups (broad SMARTS) is 1. The first-order valence-corrected chi connectivity index (χ1v) is 8.59. The molecule has 0 heterocycles. The number of carbonyl (C=O) groups is 1. The van der Waals surface area contributed by atoms with Gasteiger partial charge in [-0.2, -0.15) is 0 Å². The minimum atomic E-state index is -1.41. The van der Waals surface area contributed by atoms with E-state index < -0.39 is 30.9 Å². The van der Waals surface area contributed by atoms with Crippen molar-refractivity contribution in [2.45, 2.75) is 18.3 Å². The van der Waals surface area contributed by atoms with E-state index in [1.807, 2.05) is 0 Å². The van der Waals surface area contributed by atoms with Crippen molar-refractivity contribution in [2.75, 3.05) is 19.8 Å². The van der Waals surface area contributed by atoms with E-state index in [0.717, 1.165) is 0 Å². The molecular weight excluding hydrogens is 383 g/mol. The van der Waals surface area contributed by atoms with Crippen LogP contribution in [0.15, 0.2) is 60.7 Å². The van der Waals surface area contributed by atoms with Crippen molar-refractivity contribution < 1.29 is 39.1 Å². The summed E-state index contributed by atoms with van der Waals surface area (Å²) in [5.74, 6) is 3.99. The predicted octanol–water partition coefficient (Wildman–Crippen LogP) is -0.274. The van der Waals surface area contributed by atoms with Gasteiger partial charge in [-0.3, -0.25) is 0 Å². The first kappa shape index (κ1) is 24.1. The van der Waals surface area contributed by atoms with Gasteiger partial charge in [-0.25, -0.2) is 4.39 Å². The van der Waals surface area contributed by atoms with E-state index in [1.54, 1.807) is 0 Å². The minimum Gasteiger partial charge on any atom is -0.548 e. The van der Waals surface area contributed by atoms with Gasteiger partial charge in [-0.05, 0) is 42.5 Å². The number of benzene rings is 1. The predicted molar refractivity (Wildman–Crippen MR) is 101 cm³/mol. The van der Waals surface area contributed by atoms with E-state index in [-0.39, 0.29) is 19.0 Å². The summed E-state index contributed by atoms with van der Waals surface area (Å²) >= 11 is 0. The molecule has 1 rings (SSSR count). The zero-order chi connectivity index (χ0) is 21.5. The van der Waals surface area contributed by atoms with Crippen LogP contribution in [0.1, 0.15) is 0 Å². The molecule has 0 spiro atoms. The molecule has 0 aromatic heterocycles. The number of ether oxygens (including phenoxy) is 2. The Bertz CT molecular complexity index is 759. The third kappa shape index (κ3) is 12.2. The van der Waals surface area contributed by atoms with Gasteiger partial charge in [0.05, 0.1) is 19.2 Å². The Morgan fingerprint density at radius 2 is 1.76 bits per heavy atom. The molecule has 0 fully saturated rings. The van der Waals surface area contributed by atoms with Crippen LogP contribution >= 0.6 is 0 Å². The summed E-state index contributed by atoms with van der Waals surface area (Å²) in [6.45, 7) is -1.01. The fourth-order valence-electron chi connectivity index (χ4n) is 1.79. The molecule has 0 amide bonds. The zero-order valence-corrected chi connectivity index (χ0v) is 15.5. The SMILES string of the molecule is O=C([O-])COC[C@H](O)[C@H](O)/C=C/C=C/C#C/C=C/[C@H](O)COc1ccc(F)cc1. The van der Waals surface area contributed by atoms with Crippen LogP contribution in [0, 0.1) is 17.7 Å². The fourth-order valence-corrected chi connectivity index (χ4v) is 1.79. The van der Waals surface area contributed by atoms with Gasteiger partial charge in [0.1, 0.15) is 36.5 Å². The Hall–Kier alpha value is -2.96. The van der Waals surface area contributed by atoms with Crippen LogP contribution in [0.2, 0.25) is 0 Å². The lowest BCUT2D eigenvalue weighted by Crippen LogP contribution is -2.33. The Balaban J connectivity index is 2.27. The number of halogens is 1. The summed E-state index contributed by atoms with van der Waals surface area (Å²) in [5.41, 5.74) is 0. The van der Waals surface area contributed by atoms with Crippen molar-refractivity contribution >= 4 is 5.97 Å². The summed E-state index contributed by atoms with van der Waals surface area (Å²) in [4.78, 5) is 10.2. The molecule has 7 nitrogen and oxygen atoms in total. The monoisotopic (exact) mass is 405 g/mol. The van der Waals surface area contributed by atoms with Gasteiger partial charge in [-0.15, -0.1) is 0 Å². The highest BCUT2D eigenvalue weighted by Crippen LogP contribution is 2.11. The van der Waals surface area contributed by atoms with Crippen LogP contribution in [-0.2, 0) is 9.53 Å².